The molecule has 2 aliphatic heterocycles. The van der Waals surface area contributed by atoms with E-state index in [1.54, 1.807) is 6.07 Å². The van der Waals surface area contributed by atoms with Gasteiger partial charge in [0.05, 0.1) is 27.7 Å². The molecule has 0 aliphatic carbocycles. The van der Waals surface area contributed by atoms with Crippen molar-refractivity contribution in [1.29, 1.82) is 0 Å². The Hall–Kier alpha value is -1.93. The molecule has 0 saturated carbocycles. The van der Waals surface area contributed by atoms with E-state index >= 15 is 0 Å². The molecule has 1 aromatic rings. The van der Waals surface area contributed by atoms with Crippen LogP contribution in [0.5, 0.6) is 0 Å². The van der Waals surface area contributed by atoms with Crippen molar-refractivity contribution in [2.45, 2.75) is 12.5 Å². The summed E-state index contributed by atoms with van der Waals surface area (Å²) in [5.41, 5.74) is 0.258. The van der Waals surface area contributed by atoms with E-state index in [0.717, 1.165) is 4.90 Å². The number of imide groups is 1. The first-order chi connectivity index (χ1) is 10.8. The first kappa shape index (κ1) is 15.9. The lowest BCUT2D eigenvalue weighted by molar-refractivity contribution is -0.121. The summed E-state index contributed by atoms with van der Waals surface area (Å²) in [6.07, 6.45) is 0.335. The fourth-order valence-corrected chi connectivity index (χ4v) is 4.69. The molecule has 1 fully saturated rings. The Morgan fingerprint density at radius 3 is 2.65 bits per heavy atom. The number of sulfone groups is 1. The lowest BCUT2D eigenvalue weighted by atomic mass is 10.1. The van der Waals surface area contributed by atoms with Gasteiger partial charge >= 0.3 is 0 Å². The summed E-state index contributed by atoms with van der Waals surface area (Å²) in [7, 11) is -3.12. The summed E-state index contributed by atoms with van der Waals surface area (Å²) < 4.78 is 22.7. The van der Waals surface area contributed by atoms with Gasteiger partial charge in [0.2, 0.25) is 5.91 Å². The number of rotatable bonds is 3. The molecule has 3 rings (SSSR count). The number of fused-ring (bicyclic) bond motifs is 1. The van der Waals surface area contributed by atoms with Crippen molar-refractivity contribution in [3.05, 3.63) is 34.3 Å². The van der Waals surface area contributed by atoms with Crippen LogP contribution in [0.3, 0.4) is 0 Å². The zero-order chi connectivity index (χ0) is 16.8. The Morgan fingerprint density at radius 1 is 1.30 bits per heavy atom. The molecular weight excluding hydrogens is 344 g/mol. The number of halogens is 1. The summed E-state index contributed by atoms with van der Waals surface area (Å²) in [4.78, 5) is 37.3. The van der Waals surface area contributed by atoms with Gasteiger partial charge in [-0.25, -0.2) is 8.42 Å². The highest BCUT2D eigenvalue weighted by molar-refractivity contribution is 7.91. The van der Waals surface area contributed by atoms with Crippen LogP contribution in [0.25, 0.3) is 0 Å². The van der Waals surface area contributed by atoms with Gasteiger partial charge in [0.1, 0.15) is 6.54 Å². The van der Waals surface area contributed by atoms with E-state index in [1.165, 1.54) is 12.1 Å². The van der Waals surface area contributed by atoms with Crippen molar-refractivity contribution in [3.8, 4) is 0 Å². The van der Waals surface area contributed by atoms with Crippen molar-refractivity contribution in [2.75, 3.05) is 18.1 Å². The van der Waals surface area contributed by atoms with Crippen molar-refractivity contribution in [2.24, 2.45) is 0 Å². The Labute approximate surface area is 137 Å². The maximum Gasteiger partial charge on any atom is 0.263 e. The molecule has 2 heterocycles. The van der Waals surface area contributed by atoms with Gasteiger partial charge in [0.15, 0.2) is 9.84 Å². The second-order valence-corrected chi connectivity index (χ2v) is 8.16. The molecule has 1 atom stereocenters. The number of amides is 3. The Morgan fingerprint density at radius 2 is 2.04 bits per heavy atom. The van der Waals surface area contributed by atoms with E-state index in [-0.39, 0.29) is 27.7 Å². The second kappa shape index (κ2) is 5.61. The van der Waals surface area contributed by atoms with E-state index < -0.39 is 40.1 Å². The number of nitrogens with one attached hydrogen (secondary N) is 1. The standard InChI is InChI=1S/C14H13ClN2O5S/c15-10-3-1-2-9-12(10)14(20)17(13(9)19)6-11(18)16-8-4-5-23(21,22)7-8/h1-3,8H,4-7H2,(H,16,18). The molecule has 1 aromatic carbocycles. The maximum atomic E-state index is 12.2. The third-order valence-electron chi connectivity index (χ3n) is 3.85. The molecular formula is C14H13ClN2O5S. The molecule has 3 amide bonds. The molecule has 0 aromatic heterocycles. The first-order valence-electron chi connectivity index (χ1n) is 6.93. The third-order valence-corrected chi connectivity index (χ3v) is 5.93. The lowest BCUT2D eigenvalue weighted by Crippen LogP contribution is -2.44. The van der Waals surface area contributed by atoms with E-state index in [1.807, 2.05) is 0 Å². The SMILES string of the molecule is O=C(CN1C(=O)c2cccc(Cl)c2C1=O)NC1CCS(=O)(=O)C1. The van der Waals surface area contributed by atoms with Crippen LogP contribution < -0.4 is 5.32 Å². The second-order valence-electron chi connectivity index (χ2n) is 5.53. The van der Waals surface area contributed by atoms with Crippen LogP contribution in [0.1, 0.15) is 27.1 Å². The average Bonchev–Trinajstić information content (AvgIpc) is 2.92. The van der Waals surface area contributed by atoms with Crippen molar-refractivity contribution < 1.29 is 22.8 Å². The van der Waals surface area contributed by atoms with Crippen LogP contribution in [0.2, 0.25) is 5.02 Å². The summed E-state index contributed by atoms with van der Waals surface area (Å²) in [6, 6.07) is 4.05. The lowest BCUT2D eigenvalue weighted by Gasteiger charge is -2.16. The van der Waals surface area contributed by atoms with Crippen LogP contribution in [-0.4, -0.2) is 55.1 Å². The number of nitrogens with zero attached hydrogens (tertiary/aromatic N) is 1. The van der Waals surface area contributed by atoms with Gasteiger partial charge in [0.25, 0.3) is 11.8 Å². The average molecular weight is 357 g/mol. The monoisotopic (exact) mass is 356 g/mol. The number of carbonyl (C=O) groups is 3. The van der Waals surface area contributed by atoms with Crippen molar-refractivity contribution >= 4 is 39.2 Å². The maximum absolute atomic E-state index is 12.2. The minimum absolute atomic E-state index is 0.0283. The zero-order valence-corrected chi connectivity index (χ0v) is 13.5. The number of hydrogen-bond donors (Lipinski definition) is 1. The Balaban J connectivity index is 1.70. The molecule has 7 nitrogen and oxygen atoms in total. The predicted molar refractivity (Wildman–Crippen MR) is 82.0 cm³/mol. The van der Waals surface area contributed by atoms with Crippen molar-refractivity contribution in [1.82, 2.24) is 10.2 Å². The molecule has 1 saturated heterocycles. The first-order valence-corrected chi connectivity index (χ1v) is 9.13. The van der Waals surface area contributed by atoms with Gasteiger partial charge in [0, 0.05) is 6.04 Å². The molecule has 0 bridgehead atoms. The highest BCUT2D eigenvalue weighted by Crippen LogP contribution is 2.28. The molecule has 122 valence electrons. The third kappa shape index (κ3) is 2.96. The van der Waals surface area contributed by atoms with Gasteiger partial charge in [-0.3, -0.25) is 19.3 Å². The van der Waals surface area contributed by atoms with Gasteiger partial charge < -0.3 is 5.32 Å². The van der Waals surface area contributed by atoms with Gasteiger partial charge in [-0.2, -0.15) is 0 Å². The molecule has 0 spiro atoms. The summed E-state index contributed by atoms with van der Waals surface area (Å²) in [5.74, 6) is -1.86. The smallest absolute Gasteiger partial charge is 0.263 e. The highest BCUT2D eigenvalue weighted by Gasteiger charge is 2.38. The van der Waals surface area contributed by atoms with Crippen LogP contribution in [0.4, 0.5) is 0 Å². The van der Waals surface area contributed by atoms with E-state index in [9.17, 15) is 22.8 Å². The highest BCUT2D eigenvalue weighted by atomic mass is 35.5. The van der Waals surface area contributed by atoms with E-state index in [4.69, 9.17) is 11.6 Å². The van der Waals surface area contributed by atoms with Gasteiger partial charge in [-0.05, 0) is 18.6 Å². The minimum atomic E-state index is -3.12. The topological polar surface area (TPSA) is 101 Å². The quantitative estimate of drug-likeness (QED) is 0.782. The zero-order valence-electron chi connectivity index (χ0n) is 11.9. The Bertz CT molecular complexity index is 820. The predicted octanol–water partition coefficient (Wildman–Crippen LogP) is 0.239. The molecule has 9 heteroatoms. The van der Waals surface area contributed by atoms with E-state index in [2.05, 4.69) is 5.32 Å². The van der Waals surface area contributed by atoms with Crippen LogP contribution in [0, 0.1) is 0 Å². The Kier molecular flexibility index (Phi) is 3.89. The number of carbonyl (C=O) groups excluding carboxylic acids is 3. The van der Waals surface area contributed by atoms with Crippen LogP contribution in [0.15, 0.2) is 18.2 Å². The summed E-state index contributed by atoms with van der Waals surface area (Å²) >= 11 is 5.93. The molecule has 1 unspecified atom stereocenters. The fraction of sp³-hybridized carbons (Fsp3) is 0.357. The van der Waals surface area contributed by atoms with E-state index in [0.29, 0.717) is 6.42 Å². The summed E-state index contributed by atoms with van der Waals surface area (Å²) in [6.45, 7) is -0.459. The van der Waals surface area contributed by atoms with Gasteiger partial charge in [-0.1, -0.05) is 17.7 Å². The van der Waals surface area contributed by atoms with Crippen LogP contribution in [-0.2, 0) is 14.6 Å². The van der Waals surface area contributed by atoms with Gasteiger partial charge in [-0.15, -0.1) is 0 Å². The molecule has 1 N–H and O–H groups in total. The largest absolute Gasteiger partial charge is 0.351 e. The molecule has 23 heavy (non-hydrogen) atoms. The molecule has 0 radical (unpaired) electrons. The number of benzene rings is 1. The molecule has 2 aliphatic rings. The fourth-order valence-electron chi connectivity index (χ4n) is 2.76. The minimum Gasteiger partial charge on any atom is -0.351 e. The number of hydrogen-bond acceptors (Lipinski definition) is 5. The normalized spacial score (nSPS) is 22.3. The summed E-state index contributed by atoms with van der Waals surface area (Å²) in [5, 5.41) is 2.70. The van der Waals surface area contributed by atoms with Crippen molar-refractivity contribution in [3.63, 3.8) is 0 Å². The van der Waals surface area contributed by atoms with Crippen LogP contribution >= 0.6 is 11.6 Å².